The summed E-state index contributed by atoms with van der Waals surface area (Å²) in [6.07, 6.45) is 0.921. The summed E-state index contributed by atoms with van der Waals surface area (Å²) in [5.74, 6) is -0.730. The van der Waals surface area contributed by atoms with E-state index in [1.54, 1.807) is 0 Å². The van der Waals surface area contributed by atoms with Gasteiger partial charge in [-0.15, -0.1) is 12.4 Å². The summed E-state index contributed by atoms with van der Waals surface area (Å²) in [6.45, 7) is 1.56. The number of carboxylic acids is 1. The van der Waals surface area contributed by atoms with E-state index < -0.39 is 5.97 Å². The van der Waals surface area contributed by atoms with Crippen LogP contribution in [0, 0.1) is 0 Å². The second-order valence-corrected chi connectivity index (χ2v) is 3.16. The van der Waals surface area contributed by atoms with E-state index in [4.69, 9.17) is 5.11 Å². The Balaban J connectivity index is 0.00000196. The summed E-state index contributed by atoms with van der Waals surface area (Å²) >= 11 is 0. The van der Waals surface area contributed by atoms with Crippen LogP contribution in [-0.4, -0.2) is 17.6 Å². The van der Waals surface area contributed by atoms with Gasteiger partial charge in [0.15, 0.2) is 0 Å². The molecule has 1 aromatic carbocycles. The Morgan fingerprint density at radius 2 is 1.93 bits per heavy atom. The van der Waals surface area contributed by atoms with Crippen LogP contribution in [0.4, 0.5) is 0 Å². The Morgan fingerprint density at radius 3 is 2.53 bits per heavy atom. The molecular weight excluding hydrogens is 214 g/mol. The minimum atomic E-state index is -0.730. The van der Waals surface area contributed by atoms with E-state index in [1.165, 1.54) is 5.56 Å². The molecule has 0 aliphatic rings. The molecule has 0 unspecified atom stereocenters. The van der Waals surface area contributed by atoms with Crippen molar-refractivity contribution in [3.63, 3.8) is 0 Å². The van der Waals surface area contributed by atoms with E-state index in [0.717, 1.165) is 13.1 Å². The van der Waals surface area contributed by atoms with Crippen LogP contribution < -0.4 is 5.32 Å². The highest BCUT2D eigenvalue weighted by Crippen LogP contribution is 1.97. The smallest absolute Gasteiger partial charge is 0.303 e. The molecule has 2 N–H and O–H groups in total. The number of nitrogens with one attached hydrogen (secondary N) is 1. The van der Waals surface area contributed by atoms with Gasteiger partial charge in [0.05, 0.1) is 0 Å². The molecule has 0 amide bonds. The third kappa shape index (κ3) is 6.94. The standard InChI is InChI=1S/C11H15NO2.ClH/c13-11(14)7-4-8-12-9-10-5-2-1-3-6-10;/h1-3,5-6,12H,4,7-9H2,(H,13,14);1H. The first-order valence-corrected chi connectivity index (χ1v) is 4.75. The summed E-state index contributed by atoms with van der Waals surface area (Å²) in [5, 5.41) is 11.6. The zero-order valence-corrected chi connectivity index (χ0v) is 9.30. The van der Waals surface area contributed by atoms with Crippen molar-refractivity contribution in [1.82, 2.24) is 5.32 Å². The molecule has 84 valence electrons. The predicted octanol–water partition coefficient (Wildman–Crippen LogP) is 2.06. The molecule has 0 heterocycles. The molecule has 0 bridgehead atoms. The van der Waals surface area contributed by atoms with Crippen LogP contribution in [0.3, 0.4) is 0 Å². The van der Waals surface area contributed by atoms with Gasteiger partial charge in [-0.3, -0.25) is 4.79 Å². The maximum absolute atomic E-state index is 10.2. The van der Waals surface area contributed by atoms with Crippen LogP contribution in [0.2, 0.25) is 0 Å². The highest BCUT2D eigenvalue weighted by atomic mass is 35.5. The van der Waals surface area contributed by atoms with Crippen molar-refractivity contribution in [2.45, 2.75) is 19.4 Å². The molecule has 1 aromatic rings. The first kappa shape index (κ1) is 13.9. The number of hydrogen-bond donors (Lipinski definition) is 2. The van der Waals surface area contributed by atoms with Crippen LogP contribution in [0.15, 0.2) is 30.3 Å². The molecule has 0 saturated carbocycles. The minimum Gasteiger partial charge on any atom is -0.481 e. The number of aliphatic carboxylic acids is 1. The summed E-state index contributed by atoms with van der Waals surface area (Å²) in [4.78, 5) is 10.2. The largest absolute Gasteiger partial charge is 0.481 e. The molecule has 3 nitrogen and oxygen atoms in total. The average molecular weight is 230 g/mol. The lowest BCUT2D eigenvalue weighted by Crippen LogP contribution is -2.15. The topological polar surface area (TPSA) is 49.3 Å². The lowest BCUT2D eigenvalue weighted by molar-refractivity contribution is -0.137. The second kappa shape index (κ2) is 8.26. The molecule has 0 aromatic heterocycles. The van der Waals surface area contributed by atoms with E-state index in [0.29, 0.717) is 6.42 Å². The van der Waals surface area contributed by atoms with Gasteiger partial charge in [0.25, 0.3) is 0 Å². The number of rotatable bonds is 6. The number of hydrogen-bond acceptors (Lipinski definition) is 2. The summed E-state index contributed by atoms with van der Waals surface area (Å²) in [6, 6.07) is 10.1. The molecule has 0 spiro atoms. The Bertz CT molecular complexity index is 277. The molecule has 1 rings (SSSR count). The Morgan fingerprint density at radius 1 is 1.27 bits per heavy atom. The van der Waals surface area contributed by atoms with E-state index in [-0.39, 0.29) is 18.8 Å². The highest BCUT2D eigenvalue weighted by Gasteiger charge is 1.95. The van der Waals surface area contributed by atoms with Gasteiger partial charge in [0, 0.05) is 13.0 Å². The minimum absolute atomic E-state index is 0. The van der Waals surface area contributed by atoms with Crippen LogP contribution in [0.5, 0.6) is 0 Å². The van der Waals surface area contributed by atoms with E-state index in [1.807, 2.05) is 30.3 Å². The Hall–Kier alpha value is -1.06. The first-order chi connectivity index (χ1) is 6.79. The lowest BCUT2D eigenvalue weighted by Gasteiger charge is -2.02. The normalized spacial score (nSPS) is 9.33. The number of benzene rings is 1. The summed E-state index contributed by atoms with van der Waals surface area (Å²) < 4.78 is 0. The molecule has 0 aliphatic heterocycles. The number of halogens is 1. The fraction of sp³-hybridized carbons (Fsp3) is 0.364. The zero-order chi connectivity index (χ0) is 10.2. The van der Waals surface area contributed by atoms with E-state index in [9.17, 15) is 4.79 Å². The van der Waals surface area contributed by atoms with E-state index >= 15 is 0 Å². The van der Waals surface area contributed by atoms with Gasteiger partial charge in [-0.25, -0.2) is 0 Å². The van der Waals surface area contributed by atoms with Gasteiger partial charge in [-0.05, 0) is 18.5 Å². The first-order valence-electron chi connectivity index (χ1n) is 4.75. The van der Waals surface area contributed by atoms with Gasteiger partial charge in [0.2, 0.25) is 0 Å². The van der Waals surface area contributed by atoms with Crippen molar-refractivity contribution in [2.24, 2.45) is 0 Å². The van der Waals surface area contributed by atoms with Crippen molar-refractivity contribution < 1.29 is 9.90 Å². The van der Waals surface area contributed by atoms with Crippen LogP contribution in [0.25, 0.3) is 0 Å². The Kier molecular flexibility index (Phi) is 7.68. The van der Waals surface area contributed by atoms with Crippen molar-refractivity contribution in [2.75, 3.05) is 6.54 Å². The second-order valence-electron chi connectivity index (χ2n) is 3.16. The van der Waals surface area contributed by atoms with Gasteiger partial charge >= 0.3 is 5.97 Å². The number of carboxylic acid groups (broad SMARTS) is 1. The average Bonchev–Trinajstić information content (AvgIpc) is 2.18. The van der Waals surface area contributed by atoms with Gasteiger partial charge in [-0.1, -0.05) is 30.3 Å². The van der Waals surface area contributed by atoms with Crippen molar-refractivity contribution >= 4 is 18.4 Å². The molecule has 0 saturated heterocycles. The molecule has 0 atom stereocenters. The Labute approximate surface area is 95.9 Å². The van der Waals surface area contributed by atoms with Gasteiger partial charge in [-0.2, -0.15) is 0 Å². The molecule has 0 fully saturated rings. The van der Waals surface area contributed by atoms with Crippen LogP contribution in [-0.2, 0) is 11.3 Å². The molecule has 4 heteroatoms. The zero-order valence-electron chi connectivity index (χ0n) is 8.48. The summed E-state index contributed by atoms with van der Waals surface area (Å²) in [5.41, 5.74) is 1.22. The highest BCUT2D eigenvalue weighted by molar-refractivity contribution is 5.85. The molecule has 0 radical (unpaired) electrons. The quantitative estimate of drug-likeness (QED) is 0.735. The molecule has 15 heavy (non-hydrogen) atoms. The van der Waals surface area contributed by atoms with Crippen LogP contribution in [0.1, 0.15) is 18.4 Å². The van der Waals surface area contributed by atoms with Gasteiger partial charge < -0.3 is 10.4 Å². The molecule has 0 aliphatic carbocycles. The monoisotopic (exact) mass is 229 g/mol. The maximum atomic E-state index is 10.2. The van der Waals surface area contributed by atoms with Gasteiger partial charge in [0.1, 0.15) is 0 Å². The van der Waals surface area contributed by atoms with Crippen molar-refractivity contribution in [3.8, 4) is 0 Å². The fourth-order valence-corrected chi connectivity index (χ4v) is 1.19. The van der Waals surface area contributed by atoms with E-state index in [2.05, 4.69) is 5.32 Å². The van der Waals surface area contributed by atoms with Crippen LogP contribution >= 0.6 is 12.4 Å². The fourth-order valence-electron chi connectivity index (χ4n) is 1.19. The maximum Gasteiger partial charge on any atom is 0.303 e. The van der Waals surface area contributed by atoms with Crippen molar-refractivity contribution in [3.05, 3.63) is 35.9 Å². The SMILES string of the molecule is Cl.O=C(O)CCCNCc1ccccc1. The number of carbonyl (C=O) groups is 1. The third-order valence-corrected chi connectivity index (χ3v) is 1.92. The molecular formula is C11H16ClNO2. The van der Waals surface area contributed by atoms with Crippen molar-refractivity contribution in [1.29, 1.82) is 0 Å². The summed E-state index contributed by atoms with van der Waals surface area (Å²) in [7, 11) is 0. The third-order valence-electron chi connectivity index (χ3n) is 1.92. The predicted molar refractivity (Wildman–Crippen MR) is 62.3 cm³/mol. The lowest BCUT2D eigenvalue weighted by atomic mass is 10.2.